The van der Waals surface area contributed by atoms with E-state index in [9.17, 15) is 53.7 Å². The van der Waals surface area contributed by atoms with E-state index in [1.807, 2.05) is 19.2 Å². The van der Waals surface area contributed by atoms with E-state index < -0.39 is 115 Å². The molecule has 0 aromatic heterocycles. The fraction of sp³-hybridized carbons (Fsp3) is 0.758. The highest BCUT2D eigenvalue weighted by Gasteiger charge is 2.34. The monoisotopic (exact) mass is 760 g/mol. The molecule has 0 aromatic carbocycles. The molecule has 0 radical (unpaired) electrons. The van der Waals surface area contributed by atoms with E-state index in [-0.39, 0.29) is 31.2 Å². The average Bonchev–Trinajstić information content (AvgIpc) is 3.05. The number of hydrogen-bond acceptors (Lipinski definition) is 12. The van der Waals surface area contributed by atoms with Gasteiger partial charge in [0, 0.05) is 0 Å². The van der Waals surface area contributed by atoms with Crippen LogP contribution in [-0.2, 0) is 38.4 Å². The highest BCUT2D eigenvalue weighted by atomic mass is 16.4. The Morgan fingerprint density at radius 1 is 0.547 bits per heavy atom. The van der Waals surface area contributed by atoms with Crippen molar-refractivity contribution in [2.75, 3.05) is 19.8 Å². The van der Waals surface area contributed by atoms with Crippen LogP contribution in [0.4, 0.5) is 0 Å². The molecule has 0 aromatic rings. The summed E-state index contributed by atoms with van der Waals surface area (Å²) in [5, 5.41) is 51.8. The van der Waals surface area contributed by atoms with Gasteiger partial charge in [-0.3, -0.25) is 33.6 Å². The molecular weight excluding hydrogens is 700 g/mol. The van der Waals surface area contributed by atoms with Crippen LogP contribution >= 0.6 is 0 Å². The van der Waals surface area contributed by atoms with Gasteiger partial charge in [-0.05, 0) is 56.4 Å². The number of carbonyl (C=O) groups is 8. The highest BCUT2D eigenvalue weighted by molar-refractivity contribution is 5.97. The minimum atomic E-state index is -1.79. The zero-order valence-corrected chi connectivity index (χ0v) is 31.3. The zero-order chi connectivity index (χ0) is 41.0. The molecule has 0 saturated carbocycles. The third kappa shape index (κ3) is 18.8. The average molecular weight is 761 g/mol. The number of hydrogen-bond donors (Lipinski definition) is 12. The second-order valence-corrected chi connectivity index (χ2v) is 14.0. The van der Waals surface area contributed by atoms with Crippen LogP contribution in [0.2, 0.25) is 0 Å². The standard InChI is InChI=1S/C33H60N8O12/c1-16(2)11-19(35)27(46)41-26(18(5)6)32(51)39-23(14-42)31(50)36-20(9-7-8-10-34)28(47)37-21(12-17(3)4)29(48)38-22(13-25(44)45)30(49)40-24(15-43)33(52)53/h16-24,26,42-43H,7-15,34-35H2,1-6H3,(H,36,50)(H,37,47)(H,38,48)(H,39,51)(H,40,49)(H,41,46)(H,44,45)(H,52,53)/t19-,20-,21-,22-,23-,24-,26-/m0/s1. The van der Waals surface area contributed by atoms with Crippen LogP contribution in [0.1, 0.15) is 80.1 Å². The number of nitrogens with one attached hydrogen (secondary N) is 6. The Bertz CT molecular complexity index is 1250. The van der Waals surface area contributed by atoms with Gasteiger partial charge in [0.05, 0.1) is 25.7 Å². The van der Waals surface area contributed by atoms with Gasteiger partial charge in [-0.25, -0.2) is 4.79 Å². The fourth-order valence-electron chi connectivity index (χ4n) is 4.99. The molecule has 0 rings (SSSR count). The van der Waals surface area contributed by atoms with E-state index in [1.165, 1.54) is 0 Å². The maximum Gasteiger partial charge on any atom is 0.328 e. The van der Waals surface area contributed by atoms with Gasteiger partial charge in [0.2, 0.25) is 35.4 Å². The number of aliphatic hydroxyl groups is 2. The molecule has 0 spiro atoms. The number of carboxylic acid groups (broad SMARTS) is 2. The first-order chi connectivity index (χ1) is 24.7. The smallest absolute Gasteiger partial charge is 0.328 e. The zero-order valence-electron chi connectivity index (χ0n) is 31.3. The predicted octanol–water partition coefficient (Wildman–Crippen LogP) is -3.36. The largest absolute Gasteiger partial charge is 0.481 e. The molecule has 20 nitrogen and oxygen atoms in total. The lowest BCUT2D eigenvalue weighted by molar-refractivity contribution is -0.144. The number of unbranched alkanes of at least 4 members (excludes halogenated alkanes) is 1. The molecule has 14 N–H and O–H groups in total. The first-order valence-corrected chi connectivity index (χ1v) is 17.6. The summed E-state index contributed by atoms with van der Waals surface area (Å²) >= 11 is 0. The first-order valence-electron chi connectivity index (χ1n) is 17.6. The van der Waals surface area contributed by atoms with E-state index in [4.69, 9.17) is 16.6 Å². The van der Waals surface area contributed by atoms with Gasteiger partial charge in [-0.1, -0.05) is 41.5 Å². The number of carboxylic acids is 2. The van der Waals surface area contributed by atoms with Crippen LogP contribution < -0.4 is 43.4 Å². The third-order valence-corrected chi connectivity index (χ3v) is 7.85. The van der Waals surface area contributed by atoms with Crippen LogP contribution in [0.5, 0.6) is 0 Å². The van der Waals surface area contributed by atoms with Crippen LogP contribution in [0.3, 0.4) is 0 Å². The molecule has 0 aliphatic heterocycles. The summed E-state index contributed by atoms with van der Waals surface area (Å²) in [6.45, 7) is 8.87. The van der Waals surface area contributed by atoms with Crippen molar-refractivity contribution in [3.8, 4) is 0 Å². The van der Waals surface area contributed by atoms with Crippen molar-refractivity contribution in [2.45, 2.75) is 122 Å². The lowest BCUT2D eigenvalue weighted by Gasteiger charge is -2.28. The van der Waals surface area contributed by atoms with Gasteiger partial charge in [-0.2, -0.15) is 0 Å². The summed E-state index contributed by atoms with van der Waals surface area (Å²) in [5.41, 5.74) is 11.6. The van der Waals surface area contributed by atoms with Crippen molar-refractivity contribution >= 4 is 47.4 Å². The molecule has 20 heteroatoms. The number of nitrogens with two attached hydrogens (primary N) is 2. The topological polar surface area (TPSA) is 342 Å². The van der Waals surface area contributed by atoms with Crippen molar-refractivity contribution in [3.63, 3.8) is 0 Å². The lowest BCUT2D eigenvalue weighted by Crippen LogP contribution is -2.61. The Morgan fingerprint density at radius 2 is 1.00 bits per heavy atom. The highest BCUT2D eigenvalue weighted by Crippen LogP contribution is 2.10. The van der Waals surface area contributed by atoms with E-state index in [2.05, 4.69) is 26.6 Å². The molecule has 0 bridgehead atoms. The van der Waals surface area contributed by atoms with Crippen molar-refractivity contribution in [1.29, 1.82) is 0 Å². The molecule has 0 aliphatic rings. The van der Waals surface area contributed by atoms with Gasteiger partial charge in [-0.15, -0.1) is 0 Å². The van der Waals surface area contributed by atoms with Gasteiger partial charge in [0.15, 0.2) is 0 Å². The predicted molar refractivity (Wildman–Crippen MR) is 190 cm³/mol. The Labute approximate surface area is 309 Å². The number of carbonyl (C=O) groups excluding carboxylic acids is 6. The van der Waals surface area contributed by atoms with Gasteiger partial charge in [0.25, 0.3) is 0 Å². The molecule has 53 heavy (non-hydrogen) atoms. The second kappa shape index (κ2) is 24.8. The third-order valence-electron chi connectivity index (χ3n) is 7.85. The first kappa shape index (κ1) is 48.6. The molecule has 6 amide bonds. The fourth-order valence-corrected chi connectivity index (χ4v) is 4.99. The van der Waals surface area contributed by atoms with Gasteiger partial charge >= 0.3 is 11.9 Å². The molecular formula is C33H60N8O12. The Kier molecular flexibility index (Phi) is 22.7. The summed E-state index contributed by atoms with van der Waals surface area (Å²) in [5.74, 6) is -9.08. The van der Waals surface area contributed by atoms with E-state index >= 15 is 0 Å². The summed E-state index contributed by atoms with van der Waals surface area (Å²) in [7, 11) is 0. The Hall–Kier alpha value is -4.40. The Morgan fingerprint density at radius 3 is 1.47 bits per heavy atom. The van der Waals surface area contributed by atoms with E-state index in [1.54, 1.807) is 27.7 Å². The Balaban J connectivity index is 6.12. The van der Waals surface area contributed by atoms with Crippen LogP contribution in [0.15, 0.2) is 0 Å². The summed E-state index contributed by atoms with van der Waals surface area (Å²) in [6, 6.07) is -9.84. The number of aliphatic carboxylic acids is 2. The summed E-state index contributed by atoms with van der Waals surface area (Å²) in [4.78, 5) is 102. The van der Waals surface area contributed by atoms with E-state index in [0.717, 1.165) is 0 Å². The van der Waals surface area contributed by atoms with Crippen LogP contribution in [0, 0.1) is 17.8 Å². The minimum Gasteiger partial charge on any atom is -0.481 e. The van der Waals surface area contributed by atoms with Crippen LogP contribution in [0.25, 0.3) is 0 Å². The lowest BCUT2D eigenvalue weighted by atomic mass is 10.00. The van der Waals surface area contributed by atoms with Crippen molar-refractivity contribution in [2.24, 2.45) is 29.2 Å². The van der Waals surface area contributed by atoms with Gasteiger partial charge < -0.3 is 63.8 Å². The van der Waals surface area contributed by atoms with Gasteiger partial charge in [0.1, 0.15) is 36.3 Å². The SMILES string of the molecule is CC(C)C[C@H](NC(=O)[C@H](CCCCN)NC(=O)[C@H](CO)NC(=O)[C@@H](NC(=O)[C@@H](N)CC(C)C)C(C)C)C(=O)N[C@@H](CC(=O)O)C(=O)N[C@@H](CO)C(=O)O. The van der Waals surface area contributed by atoms with Crippen molar-refractivity contribution in [1.82, 2.24) is 31.9 Å². The second-order valence-electron chi connectivity index (χ2n) is 14.0. The quantitative estimate of drug-likeness (QED) is 0.0384. The maximum absolute atomic E-state index is 13.6. The molecule has 0 unspecified atom stereocenters. The van der Waals surface area contributed by atoms with E-state index in [0.29, 0.717) is 19.3 Å². The summed E-state index contributed by atoms with van der Waals surface area (Å²) in [6.07, 6.45) is 0.174. The molecule has 0 heterocycles. The van der Waals surface area contributed by atoms with Crippen LogP contribution in [-0.4, -0.2) is 130 Å². The summed E-state index contributed by atoms with van der Waals surface area (Å²) < 4.78 is 0. The minimum absolute atomic E-state index is 0.0110. The molecule has 0 saturated heterocycles. The normalized spacial score (nSPS) is 15.3. The molecule has 7 atom stereocenters. The molecule has 0 fully saturated rings. The number of amides is 6. The number of aliphatic hydroxyl groups excluding tert-OH is 2. The number of rotatable bonds is 26. The van der Waals surface area contributed by atoms with Crippen molar-refractivity contribution < 1.29 is 58.8 Å². The molecule has 0 aliphatic carbocycles. The van der Waals surface area contributed by atoms with Crippen molar-refractivity contribution in [3.05, 3.63) is 0 Å². The molecule has 304 valence electrons. The maximum atomic E-state index is 13.6.